The molecule has 1 aromatic rings. The molecule has 0 aromatic heterocycles. The first-order valence-corrected chi connectivity index (χ1v) is 5.03. The molecule has 2 rings (SSSR count). The van der Waals surface area contributed by atoms with E-state index in [-0.39, 0.29) is 0 Å². The summed E-state index contributed by atoms with van der Waals surface area (Å²) in [6.45, 7) is 5.24. The topological polar surface area (TPSA) is 26.0 Å². The molecule has 0 aliphatic heterocycles. The summed E-state index contributed by atoms with van der Waals surface area (Å²) in [5, 5.41) is 0. The van der Waals surface area contributed by atoms with Crippen LogP contribution in [0, 0.1) is 6.92 Å². The molecular formula is C12H17N. The van der Waals surface area contributed by atoms with Crippen molar-refractivity contribution in [1.82, 2.24) is 0 Å². The van der Waals surface area contributed by atoms with Crippen molar-refractivity contribution in [2.24, 2.45) is 5.73 Å². The summed E-state index contributed by atoms with van der Waals surface area (Å²) in [4.78, 5) is 0. The number of hydrogen-bond donors (Lipinski definition) is 1. The number of hydrogen-bond acceptors (Lipinski definition) is 1. The van der Waals surface area contributed by atoms with E-state index in [1.807, 2.05) is 0 Å². The standard InChI is InChI=1S/C12H17N/c1-8-3-4-11-9(2)6-10(7-13)12(11)5-8/h3-5,9-10H,6-7,13H2,1-2H3. The average molecular weight is 175 g/mol. The first-order chi connectivity index (χ1) is 6.22. The van der Waals surface area contributed by atoms with Gasteiger partial charge in [0, 0.05) is 0 Å². The van der Waals surface area contributed by atoms with Gasteiger partial charge in [0.05, 0.1) is 0 Å². The lowest BCUT2D eigenvalue weighted by Gasteiger charge is -2.08. The molecule has 2 N–H and O–H groups in total. The van der Waals surface area contributed by atoms with Crippen molar-refractivity contribution < 1.29 is 0 Å². The van der Waals surface area contributed by atoms with Crippen LogP contribution in [0.5, 0.6) is 0 Å². The molecule has 1 heteroatoms. The molecule has 2 unspecified atom stereocenters. The lowest BCUT2D eigenvalue weighted by atomic mass is 10.00. The fourth-order valence-corrected chi connectivity index (χ4v) is 2.40. The lowest BCUT2D eigenvalue weighted by Crippen LogP contribution is -2.09. The molecule has 1 nitrogen and oxygen atoms in total. The fourth-order valence-electron chi connectivity index (χ4n) is 2.40. The quantitative estimate of drug-likeness (QED) is 0.697. The Morgan fingerprint density at radius 2 is 2.15 bits per heavy atom. The molecule has 0 amide bonds. The van der Waals surface area contributed by atoms with Crippen LogP contribution in [0.25, 0.3) is 0 Å². The summed E-state index contributed by atoms with van der Waals surface area (Å²) in [7, 11) is 0. The molecule has 70 valence electrons. The number of nitrogens with two attached hydrogens (primary N) is 1. The van der Waals surface area contributed by atoms with Gasteiger partial charge in [0.25, 0.3) is 0 Å². The first kappa shape index (κ1) is 8.76. The minimum absolute atomic E-state index is 0.602. The van der Waals surface area contributed by atoms with Gasteiger partial charge in [0.1, 0.15) is 0 Å². The fraction of sp³-hybridized carbons (Fsp3) is 0.500. The third-order valence-electron chi connectivity index (χ3n) is 3.14. The maximum Gasteiger partial charge on any atom is -0.000791 e. The van der Waals surface area contributed by atoms with Gasteiger partial charge in [-0.25, -0.2) is 0 Å². The molecule has 0 radical (unpaired) electrons. The number of rotatable bonds is 1. The van der Waals surface area contributed by atoms with Gasteiger partial charge >= 0.3 is 0 Å². The lowest BCUT2D eigenvalue weighted by molar-refractivity contribution is 0.626. The monoisotopic (exact) mass is 175 g/mol. The van der Waals surface area contributed by atoms with Gasteiger partial charge in [-0.3, -0.25) is 0 Å². The van der Waals surface area contributed by atoms with Gasteiger partial charge in [-0.05, 0) is 42.9 Å². The number of benzene rings is 1. The maximum absolute atomic E-state index is 5.76. The zero-order valence-corrected chi connectivity index (χ0v) is 8.38. The summed E-state index contributed by atoms with van der Waals surface area (Å²) in [5.74, 6) is 1.30. The van der Waals surface area contributed by atoms with Crippen LogP contribution in [0.15, 0.2) is 18.2 Å². The van der Waals surface area contributed by atoms with E-state index in [9.17, 15) is 0 Å². The molecule has 1 aromatic carbocycles. The molecular weight excluding hydrogens is 158 g/mol. The maximum atomic E-state index is 5.76. The highest BCUT2D eigenvalue weighted by atomic mass is 14.6. The predicted octanol–water partition coefficient (Wildman–Crippen LogP) is 2.54. The normalized spacial score (nSPS) is 26.1. The van der Waals surface area contributed by atoms with Gasteiger partial charge in [0.2, 0.25) is 0 Å². The summed E-state index contributed by atoms with van der Waals surface area (Å²) < 4.78 is 0. The van der Waals surface area contributed by atoms with Crippen LogP contribution in [0.4, 0.5) is 0 Å². The van der Waals surface area contributed by atoms with E-state index in [0.717, 1.165) is 6.54 Å². The van der Waals surface area contributed by atoms with E-state index >= 15 is 0 Å². The molecule has 1 aliphatic carbocycles. The Kier molecular flexibility index (Phi) is 2.12. The largest absolute Gasteiger partial charge is 0.330 e. The Labute approximate surface area is 80.0 Å². The highest BCUT2D eigenvalue weighted by molar-refractivity contribution is 5.40. The van der Waals surface area contributed by atoms with Crippen LogP contribution in [-0.4, -0.2) is 6.54 Å². The molecule has 0 fully saturated rings. The Hall–Kier alpha value is -0.820. The zero-order valence-electron chi connectivity index (χ0n) is 8.38. The van der Waals surface area contributed by atoms with E-state index < -0.39 is 0 Å². The van der Waals surface area contributed by atoms with E-state index in [4.69, 9.17) is 5.73 Å². The molecule has 13 heavy (non-hydrogen) atoms. The van der Waals surface area contributed by atoms with Gasteiger partial charge < -0.3 is 5.73 Å². The second-order valence-electron chi connectivity index (χ2n) is 4.20. The Bertz CT molecular complexity index is 317. The highest BCUT2D eigenvalue weighted by Gasteiger charge is 2.26. The molecule has 2 atom stereocenters. The van der Waals surface area contributed by atoms with E-state index in [1.165, 1.54) is 23.1 Å². The van der Waals surface area contributed by atoms with Crippen LogP contribution in [0.3, 0.4) is 0 Å². The Morgan fingerprint density at radius 1 is 1.38 bits per heavy atom. The smallest absolute Gasteiger partial charge is 0.000791 e. The Balaban J connectivity index is 2.46. The molecule has 0 heterocycles. The van der Waals surface area contributed by atoms with Gasteiger partial charge in [0.15, 0.2) is 0 Å². The number of aryl methyl sites for hydroxylation is 1. The molecule has 0 saturated heterocycles. The summed E-state index contributed by atoms with van der Waals surface area (Å²) in [6.07, 6.45) is 1.23. The van der Waals surface area contributed by atoms with E-state index in [1.54, 1.807) is 0 Å². The molecule has 0 spiro atoms. The minimum Gasteiger partial charge on any atom is -0.330 e. The molecule has 0 bridgehead atoms. The average Bonchev–Trinajstić information content (AvgIpc) is 2.42. The van der Waals surface area contributed by atoms with Crippen LogP contribution in [0.2, 0.25) is 0 Å². The van der Waals surface area contributed by atoms with Crippen LogP contribution < -0.4 is 5.73 Å². The second-order valence-corrected chi connectivity index (χ2v) is 4.20. The van der Waals surface area contributed by atoms with Crippen LogP contribution in [0.1, 0.15) is 41.9 Å². The van der Waals surface area contributed by atoms with Crippen molar-refractivity contribution in [2.75, 3.05) is 6.54 Å². The predicted molar refractivity (Wildman–Crippen MR) is 56.0 cm³/mol. The van der Waals surface area contributed by atoms with Crippen LogP contribution in [-0.2, 0) is 0 Å². The third kappa shape index (κ3) is 1.37. The second kappa shape index (κ2) is 3.15. The van der Waals surface area contributed by atoms with Crippen molar-refractivity contribution >= 4 is 0 Å². The molecule has 1 aliphatic rings. The van der Waals surface area contributed by atoms with E-state index in [2.05, 4.69) is 32.0 Å². The zero-order chi connectivity index (χ0) is 9.42. The van der Waals surface area contributed by atoms with Crippen molar-refractivity contribution in [2.45, 2.75) is 32.1 Å². The van der Waals surface area contributed by atoms with Gasteiger partial charge in [-0.1, -0.05) is 30.7 Å². The van der Waals surface area contributed by atoms with Crippen molar-refractivity contribution in [3.8, 4) is 0 Å². The minimum atomic E-state index is 0.602. The number of fused-ring (bicyclic) bond motifs is 1. The van der Waals surface area contributed by atoms with Crippen molar-refractivity contribution in [1.29, 1.82) is 0 Å². The first-order valence-electron chi connectivity index (χ1n) is 5.03. The van der Waals surface area contributed by atoms with Crippen molar-refractivity contribution in [3.63, 3.8) is 0 Å². The van der Waals surface area contributed by atoms with Gasteiger partial charge in [-0.2, -0.15) is 0 Å². The molecule has 0 saturated carbocycles. The van der Waals surface area contributed by atoms with Crippen molar-refractivity contribution in [3.05, 3.63) is 34.9 Å². The summed E-state index contributed by atoms with van der Waals surface area (Å²) in [6, 6.07) is 6.77. The SMILES string of the molecule is Cc1ccc2c(c1)C(CN)CC2C. The summed E-state index contributed by atoms with van der Waals surface area (Å²) >= 11 is 0. The third-order valence-corrected chi connectivity index (χ3v) is 3.14. The van der Waals surface area contributed by atoms with E-state index in [0.29, 0.717) is 11.8 Å². The Morgan fingerprint density at radius 3 is 2.85 bits per heavy atom. The highest BCUT2D eigenvalue weighted by Crippen LogP contribution is 2.40. The van der Waals surface area contributed by atoms with Crippen LogP contribution >= 0.6 is 0 Å². The summed E-state index contributed by atoms with van der Waals surface area (Å²) in [5.41, 5.74) is 10.1. The van der Waals surface area contributed by atoms with Gasteiger partial charge in [-0.15, -0.1) is 0 Å².